The van der Waals surface area contributed by atoms with Crippen LogP contribution in [0, 0.1) is 0 Å². The first kappa shape index (κ1) is 10.2. The second-order valence-corrected chi connectivity index (χ2v) is 3.77. The standard InChI is InChI=1S/C12H15NO2/c1-15-11-4-2-9(3-5-11)12-8-10(14)6-7-13-12/h2-5,12-13H,6-8H2,1H3. The molecule has 1 fully saturated rings. The topological polar surface area (TPSA) is 38.3 Å². The molecule has 2 rings (SSSR count). The van der Waals surface area contributed by atoms with Crippen LogP contribution in [-0.4, -0.2) is 19.4 Å². The first-order chi connectivity index (χ1) is 7.29. The molecule has 1 aliphatic rings. The fourth-order valence-electron chi connectivity index (χ4n) is 1.86. The lowest BCUT2D eigenvalue weighted by Crippen LogP contribution is -2.31. The Morgan fingerprint density at radius 1 is 1.33 bits per heavy atom. The van der Waals surface area contributed by atoms with Gasteiger partial charge in [-0.05, 0) is 17.7 Å². The smallest absolute Gasteiger partial charge is 0.136 e. The van der Waals surface area contributed by atoms with Crippen molar-refractivity contribution < 1.29 is 9.53 Å². The average Bonchev–Trinajstić information content (AvgIpc) is 2.29. The average molecular weight is 205 g/mol. The van der Waals surface area contributed by atoms with Gasteiger partial charge in [0.15, 0.2) is 0 Å². The van der Waals surface area contributed by atoms with Gasteiger partial charge in [-0.2, -0.15) is 0 Å². The van der Waals surface area contributed by atoms with E-state index in [2.05, 4.69) is 5.32 Å². The van der Waals surface area contributed by atoms with E-state index in [0.717, 1.165) is 17.9 Å². The van der Waals surface area contributed by atoms with E-state index in [-0.39, 0.29) is 6.04 Å². The molecule has 0 radical (unpaired) electrons. The van der Waals surface area contributed by atoms with Crippen molar-refractivity contribution in [3.63, 3.8) is 0 Å². The Hall–Kier alpha value is -1.35. The molecule has 3 heteroatoms. The third-order valence-electron chi connectivity index (χ3n) is 2.74. The van der Waals surface area contributed by atoms with Gasteiger partial charge in [-0.25, -0.2) is 0 Å². The second kappa shape index (κ2) is 4.45. The van der Waals surface area contributed by atoms with Gasteiger partial charge >= 0.3 is 0 Å². The maximum Gasteiger partial charge on any atom is 0.136 e. The van der Waals surface area contributed by atoms with E-state index in [0.29, 0.717) is 18.6 Å². The van der Waals surface area contributed by atoms with E-state index < -0.39 is 0 Å². The van der Waals surface area contributed by atoms with Gasteiger partial charge in [-0.3, -0.25) is 4.79 Å². The Balaban J connectivity index is 2.11. The second-order valence-electron chi connectivity index (χ2n) is 3.77. The number of methoxy groups -OCH3 is 1. The summed E-state index contributed by atoms with van der Waals surface area (Å²) in [5, 5.41) is 3.34. The van der Waals surface area contributed by atoms with Crippen LogP contribution in [0.5, 0.6) is 5.75 Å². The largest absolute Gasteiger partial charge is 0.497 e. The van der Waals surface area contributed by atoms with Crippen molar-refractivity contribution in [1.82, 2.24) is 5.32 Å². The molecule has 0 spiro atoms. The fourth-order valence-corrected chi connectivity index (χ4v) is 1.86. The highest BCUT2D eigenvalue weighted by Gasteiger charge is 2.19. The number of piperidine rings is 1. The molecule has 3 nitrogen and oxygen atoms in total. The number of Topliss-reactive ketones (excluding diaryl/α,β-unsaturated/α-hetero) is 1. The normalized spacial score (nSPS) is 21.4. The number of carbonyl (C=O) groups excluding carboxylic acids is 1. The lowest BCUT2D eigenvalue weighted by Gasteiger charge is -2.23. The summed E-state index contributed by atoms with van der Waals surface area (Å²) in [5.74, 6) is 1.19. The van der Waals surface area contributed by atoms with Crippen molar-refractivity contribution in [1.29, 1.82) is 0 Å². The number of ether oxygens (including phenoxy) is 1. The Kier molecular flexibility index (Phi) is 3.02. The molecule has 0 bridgehead atoms. The molecular weight excluding hydrogens is 190 g/mol. The zero-order valence-electron chi connectivity index (χ0n) is 8.82. The molecule has 1 heterocycles. The van der Waals surface area contributed by atoms with E-state index in [1.807, 2.05) is 24.3 Å². The third kappa shape index (κ3) is 2.36. The quantitative estimate of drug-likeness (QED) is 0.798. The van der Waals surface area contributed by atoms with Crippen LogP contribution in [0.2, 0.25) is 0 Å². The number of nitrogens with one attached hydrogen (secondary N) is 1. The van der Waals surface area contributed by atoms with Gasteiger partial charge in [0.1, 0.15) is 11.5 Å². The summed E-state index contributed by atoms with van der Waals surface area (Å²) in [6.45, 7) is 0.787. The highest BCUT2D eigenvalue weighted by atomic mass is 16.5. The van der Waals surface area contributed by atoms with Crippen molar-refractivity contribution in [2.45, 2.75) is 18.9 Å². The summed E-state index contributed by atoms with van der Waals surface area (Å²) in [4.78, 5) is 11.3. The molecule has 15 heavy (non-hydrogen) atoms. The van der Waals surface area contributed by atoms with Crippen molar-refractivity contribution in [3.8, 4) is 5.75 Å². The van der Waals surface area contributed by atoms with Crippen molar-refractivity contribution >= 4 is 5.78 Å². The van der Waals surface area contributed by atoms with Crippen LogP contribution in [0.25, 0.3) is 0 Å². The lowest BCUT2D eigenvalue weighted by atomic mass is 9.97. The van der Waals surface area contributed by atoms with E-state index in [9.17, 15) is 4.79 Å². The summed E-state index contributed by atoms with van der Waals surface area (Å²) in [7, 11) is 1.65. The Morgan fingerprint density at radius 2 is 2.07 bits per heavy atom. The molecule has 1 N–H and O–H groups in total. The predicted molar refractivity (Wildman–Crippen MR) is 58.0 cm³/mol. The molecule has 1 aromatic carbocycles. The number of ketones is 1. The van der Waals surface area contributed by atoms with E-state index in [4.69, 9.17) is 4.74 Å². The number of carbonyl (C=O) groups is 1. The minimum atomic E-state index is 0.178. The minimum absolute atomic E-state index is 0.178. The number of hydrogen-bond acceptors (Lipinski definition) is 3. The molecule has 0 aromatic heterocycles. The molecule has 0 saturated carbocycles. The monoisotopic (exact) mass is 205 g/mol. The minimum Gasteiger partial charge on any atom is -0.497 e. The van der Waals surface area contributed by atoms with Crippen LogP contribution in [-0.2, 0) is 4.79 Å². The first-order valence-corrected chi connectivity index (χ1v) is 5.18. The molecule has 1 atom stereocenters. The molecule has 1 saturated heterocycles. The lowest BCUT2D eigenvalue weighted by molar-refractivity contribution is -0.120. The van der Waals surface area contributed by atoms with Gasteiger partial charge in [0.2, 0.25) is 0 Å². The summed E-state index contributed by atoms with van der Waals surface area (Å²) in [6.07, 6.45) is 1.26. The van der Waals surface area contributed by atoms with Crippen LogP contribution in [0.3, 0.4) is 0 Å². The van der Waals surface area contributed by atoms with Crippen molar-refractivity contribution in [2.75, 3.05) is 13.7 Å². The molecule has 1 aromatic rings. The van der Waals surface area contributed by atoms with E-state index >= 15 is 0 Å². The summed E-state index contributed by atoms with van der Waals surface area (Å²) in [6, 6.07) is 8.05. The predicted octanol–water partition coefficient (Wildman–Crippen LogP) is 1.69. The summed E-state index contributed by atoms with van der Waals surface area (Å²) >= 11 is 0. The summed E-state index contributed by atoms with van der Waals surface area (Å²) < 4.78 is 5.09. The molecule has 0 amide bonds. The summed E-state index contributed by atoms with van der Waals surface area (Å²) in [5.41, 5.74) is 1.16. The SMILES string of the molecule is COc1ccc(C2CC(=O)CCN2)cc1. The molecule has 1 aliphatic heterocycles. The highest BCUT2D eigenvalue weighted by molar-refractivity contribution is 5.80. The Morgan fingerprint density at radius 3 is 2.67 bits per heavy atom. The van der Waals surface area contributed by atoms with Crippen LogP contribution in [0.1, 0.15) is 24.4 Å². The fraction of sp³-hybridized carbons (Fsp3) is 0.417. The number of rotatable bonds is 2. The molecule has 1 unspecified atom stereocenters. The third-order valence-corrected chi connectivity index (χ3v) is 2.74. The molecule has 0 aliphatic carbocycles. The van der Waals surface area contributed by atoms with Gasteiger partial charge in [-0.15, -0.1) is 0 Å². The van der Waals surface area contributed by atoms with E-state index in [1.54, 1.807) is 7.11 Å². The van der Waals surface area contributed by atoms with Gasteiger partial charge < -0.3 is 10.1 Å². The number of benzene rings is 1. The van der Waals surface area contributed by atoms with Gasteiger partial charge in [0.05, 0.1) is 7.11 Å². The van der Waals surface area contributed by atoms with Crippen molar-refractivity contribution in [2.24, 2.45) is 0 Å². The molecular formula is C12H15NO2. The van der Waals surface area contributed by atoms with Crippen molar-refractivity contribution in [3.05, 3.63) is 29.8 Å². The maximum absolute atomic E-state index is 11.3. The zero-order chi connectivity index (χ0) is 10.7. The van der Waals surface area contributed by atoms with Crippen LogP contribution >= 0.6 is 0 Å². The molecule has 80 valence electrons. The van der Waals surface area contributed by atoms with Gasteiger partial charge in [0.25, 0.3) is 0 Å². The zero-order valence-corrected chi connectivity index (χ0v) is 8.82. The van der Waals surface area contributed by atoms with Gasteiger partial charge in [-0.1, -0.05) is 12.1 Å². The highest BCUT2D eigenvalue weighted by Crippen LogP contribution is 2.22. The van der Waals surface area contributed by atoms with Crippen LogP contribution in [0.15, 0.2) is 24.3 Å². The maximum atomic E-state index is 11.3. The van der Waals surface area contributed by atoms with Gasteiger partial charge in [0, 0.05) is 25.4 Å². The first-order valence-electron chi connectivity index (χ1n) is 5.18. The van der Waals surface area contributed by atoms with Crippen LogP contribution < -0.4 is 10.1 Å². The Bertz CT molecular complexity index is 345. The number of hydrogen-bond donors (Lipinski definition) is 1. The Labute approximate surface area is 89.4 Å². The van der Waals surface area contributed by atoms with Crippen LogP contribution in [0.4, 0.5) is 0 Å². The van der Waals surface area contributed by atoms with E-state index in [1.165, 1.54) is 0 Å².